The first kappa shape index (κ1) is 11.1. The van der Waals surface area contributed by atoms with Gasteiger partial charge in [0.25, 0.3) is 0 Å². The number of ether oxygens (including phenoxy) is 1. The molecule has 0 aliphatic heterocycles. The summed E-state index contributed by atoms with van der Waals surface area (Å²) in [4.78, 5) is 10.8. The van der Waals surface area contributed by atoms with Crippen LogP contribution in [0.15, 0.2) is 18.2 Å². The molecule has 0 saturated carbocycles. The number of hydrogen-bond acceptors (Lipinski definition) is 5. The number of carbonyl (C=O) groups is 1. The Balaban J connectivity index is 2.27. The molecule has 0 bridgehead atoms. The molecule has 0 radical (unpaired) electrons. The van der Waals surface area contributed by atoms with Crippen molar-refractivity contribution in [3.05, 3.63) is 29.3 Å². The van der Waals surface area contributed by atoms with Crippen LogP contribution in [0.4, 0.5) is 0 Å². The van der Waals surface area contributed by atoms with Gasteiger partial charge >= 0.3 is 12.0 Å². The van der Waals surface area contributed by atoms with Crippen LogP contribution in [-0.2, 0) is 7.05 Å². The smallest absolute Gasteiger partial charge is 0.340 e. The first-order chi connectivity index (χ1) is 8.08. The highest BCUT2D eigenvalue weighted by Gasteiger charge is 2.10. The molecule has 7 heteroatoms. The van der Waals surface area contributed by atoms with E-state index in [2.05, 4.69) is 15.5 Å². The van der Waals surface area contributed by atoms with Crippen LogP contribution in [-0.4, -0.2) is 31.3 Å². The van der Waals surface area contributed by atoms with Crippen LogP contribution in [0.1, 0.15) is 15.9 Å². The monoisotopic (exact) mass is 234 g/mol. The Morgan fingerprint density at radius 3 is 2.76 bits per heavy atom. The first-order valence-electron chi connectivity index (χ1n) is 4.82. The van der Waals surface area contributed by atoms with E-state index in [4.69, 9.17) is 9.84 Å². The Morgan fingerprint density at radius 1 is 1.47 bits per heavy atom. The zero-order valence-corrected chi connectivity index (χ0v) is 9.28. The predicted molar refractivity (Wildman–Crippen MR) is 57.0 cm³/mol. The van der Waals surface area contributed by atoms with Gasteiger partial charge in [0.2, 0.25) is 0 Å². The summed E-state index contributed by atoms with van der Waals surface area (Å²) in [7, 11) is 1.65. The number of carboxylic acids is 1. The molecule has 0 fully saturated rings. The highest BCUT2D eigenvalue weighted by atomic mass is 16.5. The molecular weight excluding hydrogens is 224 g/mol. The number of aromatic nitrogens is 4. The van der Waals surface area contributed by atoms with Crippen molar-refractivity contribution in [3.63, 3.8) is 0 Å². The van der Waals surface area contributed by atoms with Gasteiger partial charge in [-0.25, -0.2) is 4.79 Å². The molecule has 0 aliphatic carbocycles. The maximum absolute atomic E-state index is 10.8. The second-order valence-corrected chi connectivity index (χ2v) is 3.47. The molecule has 0 atom stereocenters. The van der Waals surface area contributed by atoms with Gasteiger partial charge in [0.15, 0.2) is 0 Å². The Morgan fingerprint density at radius 2 is 2.24 bits per heavy atom. The van der Waals surface area contributed by atoms with E-state index in [1.807, 2.05) is 0 Å². The fourth-order valence-electron chi connectivity index (χ4n) is 1.35. The zero-order valence-electron chi connectivity index (χ0n) is 9.28. The first-order valence-corrected chi connectivity index (χ1v) is 4.82. The van der Waals surface area contributed by atoms with E-state index in [1.165, 1.54) is 10.7 Å². The molecule has 0 unspecified atom stereocenters. The van der Waals surface area contributed by atoms with Crippen molar-refractivity contribution in [2.45, 2.75) is 6.92 Å². The predicted octanol–water partition coefficient (Wildman–Crippen LogP) is 1.01. The number of rotatable bonds is 3. The van der Waals surface area contributed by atoms with Crippen LogP contribution in [0.5, 0.6) is 11.8 Å². The van der Waals surface area contributed by atoms with E-state index in [0.29, 0.717) is 11.3 Å². The number of aryl methyl sites for hydroxylation is 2. The van der Waals surface area contributed by atoms with E-state index in [1.54, 1.807) is 26.1 Å². The molecule has 0 spiro atoms. The third-order valence-electron chi connectivity index (χ3n) is 2.22. The lowest BCUT2D eigenvalue weighted by molar-refractivity contribution is 0.0696. The van der Waals surface area contributed by atoms with Gasteiger partial charge in [-0.05, 0) is 41.1 Å². The minimum Gasteiger partial charge on any atom is -0.478 e. The van der Waals surface area contributed by atoms with Crippen molar-refractivity contribution < 1.29 is 14.6 Å². The third-order valence-corrected chi connectivity index (χ3v) is 2.22. The molecule has 1 heterocycles. The summed E-state index contributed by atoms with van der Waals surface area (Å²) in [5, 5.41) is 19.6. The molecule has 2 aromatic rings. The van der Waals surface area contributed by atoms with E-state index in [9.17, 15) is 4.79 Å². The molecular formula is C10H10N4O3. The van der Waals surface area contributed by atoms with Crippen LogP contribution in [0, 0.1) is 6.92 Å². The summed E-state index contributed by atoms with van der Waals surface area (Å²) in [6.45, 7) is 1.70. The lowest BCUT2D eigenvalue weighted by Crippen LogP contribution is -2.00. The Kier molecular flexibility index (Phi) is 2.73. The molecule has 17 heavy (non-hydrogen) atoms. The van der Waals surface area contributed by atoms with Gasteiger partial charge in [-0.15, -0.1) is 0 Å². The van der Waals surface area contributed by atoms with Gasteiger partial charge in [0.1, 0.15) is 5.75 Å². The number of tetrazole rings is 1. The van der Waals surface area contributed by atoms with E-state index < -0.39 is 5.97 Å². The molecule has 0 amide bonds. The van der Waals surface area contributed by atoms with Crippen molar-refractivity contribution in [1.29, 1.82) is 0 Å². The van der Waals surface area contributed by atoms with Crippen molar-refractivity contribution in [2.75, 3.05) is 0 Å². The topological polar surface area (TPSA) is 90.1 Å². The fraction of sp³-hybridized carbons (Fsp3) is 0.200. The highest BCUT2D eigenvalue weighted by Crippen LogP contribution is 2.21. The van der Waals surface area contributed by atoms with Crippen LogP contribution < -0.4 is 4.74 Å². The standard InChI is InChI=1S/C10H10N4O3/c1-6-5-7(3-4-8(6)9(15)16)17-10-11-12-13-14(10)2/h3-5H,1-2H3,(H,15,16). The number of carboxylic acid groups (broad SMARTS) is 1. The minimum absolute atomic E-state index is 0.243. The lowest BCUT2D eigenvalue weighted by atomic mass is 10.1. The Bertz CT molecular complexity index is 564. The van der Waals surface area contributed by atoms with Crippen LogP contribution in [0.3, 0.4) is 0 Å². The largest absolute Gasteiger partial charge is 0.478 e. The molecule has 0 aliphatic rings. The van der Waals surface area contributed by atoms with Crippen molar-refractivity contribution >= 4 is 5.97 Å². The number of nitrogens with zero attached hydrogens (tertiary/aromatic N) is 4. The molecule has 88 valence electrons. The van der Waals surface area contributed by atoms with Crippen molar-refractivity contribution in [1.82, 2.24) is 20.2 Å². The summed E-state index contributed by atoms with van der Waals surface area (Å²) in [6.07, 6.45) is 0. The SMILES string of the molecule is Cc1cc(Oc2nnnn2C)ccc1C(=O)O. The number of aromatic carboxylic acids is 1. The van der Waals surface area contributed by atoms with Gasteiger partial charge < -0.3 is 9.84 Å². The van der Waals surface area contributed by atoms with Gasteiger partial charge in [-0.1, -0.05) is 5.10 Å². The van der Waals surface area contributed by atoms with Crippen molar-refractivity contribution in [2.24, 2.45) is 7.05 Å². The molecule has 1 aromatic carbocycles. The number of benzene rings is 1. The van der Waals surface area contributed by atoms with E-state index in [0.717, 1.165) is 0 Å². The summed E-state index contributed by atoms with van der Waals surface area (Å²) in [5.74, 6) is -0.472. The Hall–Kier alpha value is -2.44. The molecule has 1 aromatic heterocycles. The van der Waals surface area contributed by atoms with Gasteiger partial charge in [-0.3, -0.25) is 0 Å². The number of hydrogen-bond donors (Lipinski definition) is 1. The second-order valence-electron chi connectivity index (χ2n) is 3.47. The van der Waals surface area contributed by atoms with E-state index in [-0.39, 0.29) is 11.6 Å². The summed E-state index contributed by atoms with van der Waals surface area (Å²) < 4.78 is 6.77. The maximum atomic E-state index is 10.8. The average molecular weight is 234 g/mol. The summed E-state index contributed by atoms with van der Waals surface area (Å²) in [6, 6.07) is 4.91. The Labute approximate surface area is 96.6 Å². The average Bonchev–Trinajstić information content (AvgIpc) is 2.64. The van der Waals surface area contributed by atoms with Crippen LogP contribution in [0.2, 0.25) is 0 Å². The van der Waals surface area contributed by atoms with Gasteiger partial charge in [-0.2, -0.15) is 4.68 Å². The van der Waals surface area contributed by atoms with Crippen molar-refractivity contribution in [3.8, 4) is 11.8 Å². The highest BCUT2D eigenvalue weighted by molar-refractivity contribution is 5.89. The fourth-order valence-corrected chi connectivity index (χ4v) is 1.35. The molecule has 2 rings (SSSR count). The normalized spacial score (nSPS) is 10.2. The van der Waals surface area contributed by atoms with Crippen LogP contribution in [0.25, 0.3) is 0 Å². The zero-order chi connectivity index (χ0) is 12.4. The summed E-state index contributed by atoms with van der Waals surface area (Å²) in [5.41, 5.74) is 0.860. The lowest BCUT2D eigenvalue weighted by Gasteiger charge is -2.05. The minimum atomic E-state index is -0.964. The van der Waals surface area contributed by atoms with Gasteiger partial charge in [0.05, 0.1) is 5.56 Å². The molecule has 7 nitrogen and oxygen atoms in total. The van der Waals surface area contributed by atoms with E-state index >= 15 is 0 Å². The van der Waals surface area contributed by atoms with Crippen LogP contribution >= 0.6 is 0 Å². The maximum Gasteiger partial charge on any atom is 0.340 e. The second kappa shape index (κ2) is 4.20. The van der Waals surface area contributed by atoms with Gasteiger partial charge in [0, 0.05) is 7.05 Å². The quantitative estimate of drug-likeness (QED) is 0.852. The third kappa shape index (κ3) is 2.22. The molecule has 1 N–H and O–H groups in total. The molecule has 0 saturated heterocycles. The summed E-state index contributed by atoms with van der Waals surface area (Å²) >= 11 is 0.